The minimum Gasteiger partial charge on any atom is -0.488 e. The molecule has 0 spiro atoms. The number of hydrazone groups is 1. The number of esters is 1. The molecular formula is C30H28Br2N4O5S. The van der Waals surface area contributed by atoms with Crippen LogP contribution in [0.1, 0.15) is 36.6 Å². The maximum absolute atomic E-state index is 12.7. The van der Waals surface area contributed by atoms with E-state index in [1.165, 1.54) is 6.21 Å². The molecule has 218 valence electrons. The van der Waals surface area contributed by atoms with Crippen LogP contribution in [0.4, 0.5) is 0 Å². The van der Waals surface area contributed by atoms with Crippen LogP contribution in [-0.2, 0) is 20.9 Å². The zero-order valence-corrected chi connectivity index (χ0v) is 26.8. The van der Waals surface area contributed by atoms with Gasteiger partial charge in [0.25, 0.3) is 5.91 Å². The molecule has 0 saturated heterocycles. The van der Waals surface area contributed by atoms with E-state index in [1.807, 2.05) is 48.5 Å². The van der Waals surface area contributed by atoms with E-state index in [1.54, 1.807) is 32.0 Å². The van der Waals surface area contributed by atoms with E-state index in [4.69, 9.17) is 26.4 Å². The first-order valence-corrected chi connectivity index (χ1v) is 14.9. The van der Waals surface area contributed by atoms with Crippen molar-refractivity contribution in [1.82, 2.24) is 16.1 Å². The number of benzene rings is 3. The Bertz CT molecular complexity index is 1530. The lowest BCUT2D eigenvalue weighted by Crippen LogP contribution is -2.45. The molecule has 0 aliphatic carbocycles. The summed E-state index contributed by atoms with van der Waals surface area (Å²) in [6.07, 6.45) is 1.52. The Morgan fingerprint density at radius 3 is 2.55 bits per heavy atom. The number of thiocarbonyl (C=S) groups is 1. The van der Waals surface area contributed by atoms with Crippen molar-refractivity contribution in [3.8, 4) is 11.5 Å². The van der Waals surface area contributed by atoms with Gasteiger partial charge in [0.05, 0.1) is 28.9 Å². The SMILES string of the molecule is CCOC(=O)C1=C(C)NC(=S)N[C@@H]1c1ccccc1OCC(=O)NN=Cc1ccc(OCc2ccc(Br)cc2)c(Br)c1. The summed E-state index contributed by atoms with van der Waals surface area (Å²) >= 11 is 12.3. The number of carbonyl (C=O) groups is 2. The van der Waals surface area contributed by atoms with E-state index in [0.717, 1.165) is 20.1 Å². The molecule has 1 aliphatic rings. The molecule has 12 heteroatoms. The van der Waals surface area contributed by atoms with Crippen molar-refractivity contribution in [1.29, 1.82) is 0 Å². The standard InChI is InChI=1S/C30H28Br2N4O5S/c1-3-39-29(38)27-18(2)34-30(42)35-28(27)22-6-4-5-7-24(22)41-17-26(37)36-33-15-20-10-13-25(23(32)14-20)40-16-19-8-11-21(31)12-9-19/h4-15,28H,3,16-17H2,1-2H3,(H,36,37)(H2,34,35,42)/t28-/m1/s1. The fraction of sp³-hybridized carbons (Fsp3) is 0.200. The Morgan fingerprint density at radius 1 is 1.05 bits per heavy atom. The first kappa shape index (κ1) is 31.2. The molecule has 0 aromatic heterocycles. The molecule has 3 aromatic rings. The van der Waals surface area contributed by atoms with Gasteiger partial charge in [-0.2, -0.15) is 5.10 Å². The molecule has 4 rings (SSSR count). The summed E-state index contributed by atoms with van der Waals surface area (Å²) in [6, 6.07) is 19.9. The minimum absolute atomic E-state index is 0.229. The second-order valence-corrected chi connectivity index (χ2v) is 11.2. The third-order valence-corrected chi connectivity index (χ3v) is 7.39. The van der Waals surface area contributed by atoms with Gasteiger partial charge in [-0.1, -0.05) is 46.3 Å². The number of ether oxygens (including phenoxy) is 3. The molecule has 0 fully saturated rings. The summed E-state index contributed by atoms with van der Waals surface area (Å²) in [4.78, 5) is 25.2. The van der Waals surface area contributed by atoms with Crippen LogP contribution in [-0.4, -0.2) is 36.4 Å². The van der Waals surface area contributed by atoms with Crippen LogP contribution >= 0.6 is 44.1 Å². The number of nitrogens with zero attached hydrogens (tertiary/aromatic N) is 1. The number of rotatable bonds is 11. The van der Waals surface area contributed by atoms with Gasteiger partial charge in [-0.15, -0.1) is 0 Å². The van der Waals surface area contributed by atoms with Gasteiger partial charge in [-0.05, 0) is 89.5 Å². The molecule has 3 aromatic carbocycles. The number of carbonyl (C=O) groups excluding carboxylic acids is 2. The lowest BCUT2D eigenvalue weighted by Gasteiger charge is -2.30. The second kappa shape index (κ2) is 14.9. The molecule has 9 nitrogen and oxygen atoms in total. The molecule has 0 radical (unpaired) electrons. The van der Waals surface area contributed by atoms with Crippen LogP contribution in [0, 0.1) is 0 Å². The highest BCUT2D eigenvalue weighted by Gasteiger charge is 2.32. The Balaban J connectivity index is 1.34. The third kappa shape index (κ3) is 8.40. The van der Waals surface area contributed by atoms with E-state index in [9.17, 15) is 9.59 Å². The number of hydrogen-bond donors (Lipinski definition) is 3. The molecule has 0 bridgehead atoms. The molecule has 1 amide bonds. The van der Waals surface area contributed by atoms with Crippen molar-refractivity contribution in [3.63, 3.8) is 0 Å². The van der Waals surface area contributed by atoms with Gasteiger partial charge in [0, 0.05) is 15.7 Å². The van der Waals surface area contributed by atoms with Crippen molar-refractivity contribution in [2.75, 3.05) is 13.2 Å². The Kier molecular flexibility index (Phi) is 11.1. The van der Waals surface area contributed by atoms with Gasteiger partial charge in [0.1, 0.15) is 18.1 Å². The maximum atomic E-state index is 12.7. The minimum atomic E-state index is -0.615. The molecule has 0 saturated carbocycles. The number of nitrogens with one attached hydrogen (secondary N) is 3. The number of amides is 1. The highest BCUT2D eigenvalue weighted by atomic mass is 79.9. The van der Waals surface area contributed by atoms with Crippen molar-refractivity contribution in [2.24, 2.45) is 5.10 Å². The third-order valence-electron chi connectivity index (χ3n) is 6.02. The van der Waals surface area contributed by atoms with Crippen molar-refractivity contribution in [3.05, 3.63) is 104 Å². The van der Waals surface area contributed by atoms with Crippen LogP contribution in [0.15, 0.2) is 92.0 Å². The lowest BCUT2D eigenvalue weighted by molar-refractivity contribution is -0.139. The molecule has 1 atom stereocenters. The van der Waals surface area contributed by atoms with E-state index in [2.05, 4.69) is 53.0 Å². The summed E-state index contributed by atoms with van der Waals surface area (Å²) in [5.41, 5.74) is 5.87. The summed E-state index contributed by atoms with van der Waals surface area (Å²) < 4.78 is 18.7. The van der Waals surface area contributed by atoms with Crippen molar-refractivity contribution >= 4 is 67.3 Å². The quantitative estimate of drug-likeness (QED) is 0.101. The largest absolute Gasteiger partial charge is 0.488 e. The fourth-order valence-electron chi connectivity index (χ4n) is 4.07. The summed E-state index contributed by atoms with van der Waals surface area (Å²) in [7, 11) is 0. The predicted octanol–water partition coefficient (Wildman–Crippen LogP) is 5.68. The summed E-state index contributed by atoms with van der Waals surface area (Å²) in [5.74, 6) is 0.170. The van der Waals surface area contributed by atoms with Gasteiger partial charge in [0.15, 0.2) is 11.7 Å². The highest BCUT2D eigenvalue weighted by Crippen LogP contribution is 2.33. The zero-order chi connectivity index (χ0) is 30.1. The molecule has 3 N–H and O–H groups in total. The van der Waals surface area contributed by atoms with E-state index >= 15 is 0 Å². The van der Waals surface area contributed by atoms with E-state index in [0.29, 0.717) is 40.1 Å². The van der Waals surface area contributed by atoms with Crippen LogP contribution in [0.2, 0.25) is 0 Å². The molecule has 1 heterocycles. The normalized spacial score (nSPS) is 14.7. The van der Waals surface area contributed by atoms with Gasteiger partial charge in [0.2, 0.25) is 0 Å². The Labute approximate surface area is 266 Å². The topological polar surface area (TPSA) is 110 Å². The maximum Gasteiger partial charge on any atom is 0.338 e. The van der Waals surface area contributed by atoms with Crippen LogP contribution < -0.4 is 25.5 Å². The van der Waals surface area contributed by atoms with Crippen LogP contribution in [0.3, 0.4) is 0 Å². The molecule has 42 heavy (non-hydrogen) atoms. The Morgan fingerprint density at radius 2 is 1.81 bits per heavy atom. The van der Waals surface area contributed by atoms with E-state index in [-0.39, 0.29) is 13.2 Å². The zero-order valence-electron chi connectivity index (χ0n) is 22.8. The summed E-state index contributed by atoms with van der Waals surface area (Å²) in [5, 5.41) is 10.5. The monoisotopic (exact) mass is 714 g/mol. The smallest absolute Gasteiger partial charge is 0.338 e. The fourth-order valence-corrected chi connectivity index (χ4v) is 5.11. The number of para-hydroxylation sites is 1. The van der Waals surface area contributed by atoms with Gasteiger partial charge >= 0.3 is 5.97 Å². The number of hydrogen-bond acceptors (Lipinski definition) is 7. The highest BCUT2D eigenvalue weighted by molar-refractivity contribution is 9.10. The lowest BCUT2D eigenvalue weighted by atomic mass is 9.95. The van der Waals surface area contributed by atoms with Crippen molar-refractivity contribution in [2.45, 2.75) is 26.5 Å². The Hall–Kier alpha value is -3.74. The van der Waals surface area contributed by atoms with Crippen LogP contribution in [0.25, 0.3) is 0 Å². The summed E-state index contributed by atoms with van der Waals surface area (Å²) in [6.45, 7) is 3.86. The number of halogens is 2. The average molecular weight is 716 g/mol. The predicted molar refractivity (Wildman–Crippen MR) is 171 cm³/mol. The van der Waals surface area contributed by atoms with Crippen molar-refractivity contribution < 1.29 is 23.8 Å². The molecular weight excluding hydrogens is 688 g/mol. The van der Waals surface area contributed by atoms with E-state index < -0.39 is 17.9 Å². The van der Waals surface area contributed by atoms with Gasteiger partial charge < -0.3 is 24.8 Å². The first-order valence-electron chi connectivity index (χ1n) is 12.9. The average Bonchev–Trinajstić information content (AvgIpc) is 2.96. The van der Waals surface area contributed by atoms with Gasteiger partial charge in [-0.25, -0.2) is 10.2 Å². The van der Waals surface area contributed by atoms with Gasteiger partial charge in [-0.3, -0.25) is 4.79 Å². The van der Waals surface area contributed by atoms with Crippen LogP contribution in [0.5, 0.6) is 11.5 Å². The molecule has 1 aliphatic heterocycles. The second-order valence-electron chi connectivity index (χ2n) is 9.02. The molecule has 0 unspecified atom stereocenters. The number of allylic oxidation sites excluding steroid dienone is 1. The first-order chi connectivity index (χ1) is 20.2.